The summed E-state index contributed by atoms with van der Waals surface area (Å²) in [6, 6.07) is 24.3. The molecule has 0 bridgehead atoms. The number of carboxylic acids is 1. The number of carbonyl (C=O) groups excluding carboxylic acids is 1. The monoisotopic (exact) mass is 489 g/mol. The summed E-state index contributed by atoms with van der Waals surface area (Å²) in [5.74, 6) is -0.840. The standard InChI is InChI=1S/C28H31N3O5/c1-36-26-10-6-5-9-22(26)23-17-24(31-30-23)27(33)29-21(16-25(32)28(34)35)15-18-11-13-20(14-12-18)19-7-3-2-4-8-19/h2-14,21,23-25,30-32H,15-17H2,1H3,(H,29,33)(H,34,35)/t21-,23?,24?,25-/m1/s1. The number of aliphatic hydroxyl groups is 1. The number of hydrogen-bond donors (Lipinski definition) is 5. The molecule has 0 radical (unpaired) electrons. The number of benzene rings is 3. The van der Waals surface area contributed by atoms with E-state index in [2.05, 4.69) is 16.2 Å². The first kappa shape index (κ1) is 25.4. The zero-order valence-corrected chi connectivity index (χ0v) is 20.1. The summed E-state index contributed by atoms with van der Waals surface area (Å²) < 4.78 is 5.44. The number of hydrogen-bond acceptors (Lipinski definition) is 6. The number of carbonyl (C=O) groups is 2. The van der Waals surface area contributed by atoms with E-state index in [1.165, 1.54) is 0 Å². The third kappa shape index (κ3) is 6.28. The van der Waals surface area contributed by atoms with E-state index in [0.717, 1.165) is 28.0 Å². The molecule has 188 valence electrons. The molecule has 1 saturated heterocycles. The van der Waals surface area contributed by atoms with Gasteiger partial charge in [0.1, 0.15) is 11.8 Å². The Balaban J connectivity index is 1.43. The molecule has 2 unspecified atom stereocenters. The van der Waals surface area contributed by atoms with Crippen molar-refractivity contribution in [2.45, 2.75) is 43.5 Å². The van der Waals surface area contributed by atoms with Crippen molar-refractivity contribution in [1.29, 1.82) is 0 Å². The van der Waals surface area contributed by atoms with Crippen LogP contribution in [0, 0.1) is 0 Å². The Morgan fingerprint density at radius 3 is 2.33 bits per heavy atom. The second-order valence-electron chi connectivity index (χ2n) is 8.93. The number of carboxylic acid groups (broad SMARTS) is 1. The van der Waals surface area contributed by atoms with E-state index in [4.69, 9.17) is 4.74 Å². The van der Waals surface area contributed by atoms with E-state index < -0.39 is 24.2 Å². The molecule has 1 fully saturated rings. The molecule has 3 aromatic carbocycles. The number of aliphatic hydroxyl groups excluding tert-OH is 1. The van der Waals surface area contributed by atoms with Crippen molar-refractivity contribution in [2.24, 2.45) is 0 Å². The van der Waals surface area contributed by atoms with Crippen molar-refractivity contribution in [2.75, 3.05) is 7.11 Å². The lowest BCUT2D eigenvalue weighted by molar-refractivity contribution is -0.147. The number of para-hydroxylation sites is 1. The average molecular weight is 490 g/mol. The molecule has 1 heterocycles. The number of ether oxygens (including phenoxy) is 1. The fourth-order valence-corrected chi connectivity index (χ4v) is 4.50. The molecule has 0 saturated carbocycles. The predicted octanol–water partition coefficient (Wildman–Crippen LogP) is 2.83. The lowest BCUT2D eigenvalue weighted by atomic mass is 9.97. The highest BCUT2D eigenvalue weighted by Gasteiger charge is 2.33. The molecule has 5 N–H and O–H groups in total. The topological polar surface area (TPSA) is 120 Å². The lowest BCUT2D eigenvalue weighted by Gasteiger charge is -2.22. The van der Waals surface area contributed by atoms with Gasteiger partial charge in [0.15, 0.2) is 6.10 Å². The van der Waals surface area contributed by atoms with Gasteiger partial charge in [-0.15, -0.1) is 0 Å². The maximum atomic E-state index is 13.1. The highest BCUT2D eigenvalue weighted by Crippen LogP contribution is 2.30. The van der Waals surface area contributed by atoms with Gasteiger partial charge in [-0.25, -0.2) is 15.6 Å². The summed E-state index contributed by atoms with van der Waals surface area (Å²) in [6.45, 7) is 0. The van der Waals surface area contributed by atoms with E-state index in [0.29, 0.717) is 12.8 Å². The maximum Gasteiger partial charge on any atom is 0.332 e. The van der Waals surface area contributed by atoms with Crippen LogP contribution in [0.4, 0.5) is 0 Å². The van der Waals surface area contributed by atoms with Gasteiger partial charge in [0.25, 0.3) is 0 Å². The van der Waals surface area contributed by atoms with Crippen LogP contribution in [-0.2, 0) is 16.0 Å². The number of rotatable bonds is 10. The Kier molecular flexibility index (Phi) is 8.32. The molecule has 0 aliphatic carbocycles. The first-order valence-corrected chi connectivity index (χ1v) is 11.9. The smallest absolute Gasteiger partial charge is 0.332 e. The number of aliphatic carboxylic acids is 1. The van der Waals surface area contributed by atoms with Crippen molar-refractivity contribution < 1.29 is 24.5 Å². The van der Waals surface area contributed by atoms with Crippen LogP contribution in [0.5, 0.6) is 5.75 Å². The van der Waals surface area contributed by atoms with Crippen LogP contribution in [0.3, 0.4) is 0 Å². The van der Waals surface area contributed by atoms with Crippen LogP contribution in [0.15, 0.2) is 78.9 Å². The number of nitrogens with one attached hydrogen (secondary N) is 3. The number of methoxy groups -OCH3 is 1. The first-order chi connectivity index (χ1) is 17.4. The molecule has 4 atom stereocenters. The minimum atomic E-state index is -1.57. The maximum absolute atomic E-state index is 13.1. The van der Waals surface area contributed by atoms with Gasteiger partial charge in [-0.05, 0) is 35.6 Å². The molecular formula is C28H31N3O5. The molecule has 0 spiro atoms. The van der Waals surface area contributed by atoms with E-state index in [9.17, 15) is 19.8 Å². The second-order valence-corrected chi connectivity index (χ2v) is 8.93. The zero-order chi connectivity index (χ0) is 25.5. The SMILES string of the molecule is COc1ccccc1C1CC(C(=O)N[C@H](Cc2ccc(-c3ccccc3)cc2)C[C@@H](O)C(=O)O)NN1. The summed E-state index contributed by atoms with van der Waals surface area (Å²) in [4.78, 5) is 24.4. The van der Waals surface area contributed by atoms with Crippen molar-refractivity contribution in [3.8, 4) is 16.9 Å². The minimum absolute atomic E-state index is 0.0996. The van der Waals surface area contributed by atoms with Crippen molar-refractivity contribution in [1.82, 2.24) is 16.2 Å². The molecule has 8 nitrogen and oxygen atoms in total. The van der Waals surface area contributed by atoms with Gasteiger partial charge in [0, 0.05) is 18.0 Å². The Labute approximate surface area is 210 Å². The summed E-state index contributed by atoms with van der Waals surface area (Å²) in [5.41, 5.74) is 10.2. The van der Waals surface area contributed by atoms with E-state index in [-0.39, 0.29) is 18.4 Å². The molecule has 0 aromatic heterocycles. The van der Waals surface area contributed by atoms with Crippen molar-refractivity contribution in [3.63, 3.8) is 0 Å². The number of amides is 1. The predicted molar refractivity (Wildman–Crippen MR) is 136 cm³/mol. The second kappa shape index (κ2) is 11.8. The van der Waals surface area contributed by atoms with Gasteiger partial charge >= 0.3 is 5.97 Å². The Hall–Kier alpha value is -3.72. The molecule has 4 rings (SSSR count). The van der Waals surface area contributed by atoms with Crippen LogP contribution >= 0.6 is 0 Å². The third-order valence-corrected chi connectivity index (χ3v) is 6.42. The summed E-state index contributed by atoms with van der Waals surface area (Å²) >= 11 is 0. The fraction of sp³-hybridized carbons (Fsp3) is 0.286. The fourth-order valence-electron chi connectivity index (χ4n) is 4.50. The Morgan fingerprint density at radius 1 is 0.972 bits per heavy atom. The molecule has 1 aliphatic rings. The van der Waals surface area contributed by atoms with Gasteiger partial charge in [0.2, 0.25) is 5.91 Å². The molecule has 3 aromatic rings. The largest absolute Gasteiger partial charge is 0.496 e. The van der Waals surface area contributed by atoms with Crippen LogP contribution < -0.4 is 20.9 Å². The molecule has 36 heavy (non-hydrogen) atoms. The van der Waals surface area contributed by atoms with E-state index in [1.807, 2.05) is 78.9 Å². The highest BCUT2D eigenvalue weighted by atomic mass is 16.5. The third-order valence-electron chi connectivity index (χ3n) is 6.42. The molecule has 1 amide bonds. The molecule has 8 heteroatoms. The number of hydrazine groups is 1. The lowest BCUT2D eigenvalue weighted by Crippen LogP contribution is -2.48. The summed E-state index contributed by atoms with van der Waals surface area (Å²) in [5, 5.41) is 22.2. The normalized spacial score (nSPS) is 18.8. The minimum Gasteiger partial charge on any atom is -0.496 e. The van der Waals surface area contributed by atoms with Gasteiger partial charge < -0.3 is 20.3 Å². The average Bonchev–Trinajstić information content (AvgIpc) is 3.40. The zero-order valence-electron chi connectivity index (χ0n) is 20.1. The van der Waals surface area contributed by atoms with Crippen molar-refractivity contribution >= 4 is 11.9 Å². The van der Waals surface area contributed by atoms with Gasteiger partial charge in [-0.2, -0.15) is 0 Å². The Morgan fingerprint density at radius 2 is 1.64 bits per heavy atom. The van der Waals surface area contributed by atoms with Crippen LogP contribution in [0.2, 0.25) is 0 Å². The first-order valence-electron chi connectivity index (χ1n) is 11.9. The van der Waals surface area contributed by atoms with Crippen LogP contribution in [0.1, 0.15) is 30.0 Å². The molecular weight excluding hydrogens is 458 g/mol. The van der Waals surface area contributed by atoms with Gasteiger partial charge in [0.05, 0.1) is 13.2 Å². The van der Waals surface area contributed by atoms with Gasteiger partial charge in [-0.3, -0.25) is 4.79 Å². The van der Waals surface area contributed by atoms with Crippen molar-refractivity contribution in [3.05, 3.63) is 90.0 Å². The molecule has 1 aliphatic heterocycles. The van der Waals surface area contributed by atoms with E-state index >= 15 is 0 Å². The van der Waals surface area contributed by atoms with Gasteiger partial charge in [-0.1, -0.05) is 72.8 Å². The van der Waals surface area contributed by atoms with Crippen LogP contribution in [-0.4, -0.2) is 47.4 Å². The van der Waals surface area contributed by atoms with E-state index in [1.54, 1.807) is 7.11 Å². The highest BCUT2D eigenvalue weighted by molar-refractivity contribution is 5.82. The Bertz CT molecular complexity index is 1170. The van der Waals surface area contributed by atoms with Crippen LogP contribution in [0.25, 0.3) is 11.1 Å². The summed E-state index contributed by atoms with van der Waals surface area (Å²) in [6.07, 6.45) is -0.791. The quantitative estimate of drug-likeness (QED) is 0.297. The summed E-state index contributed by atoms with van der Waals surface area (Å²) in [7, 11) is 1.61.